The van der Waals surface area contributed by atoms with Crippen LogP contribution in [0.5, 0.6) is 5.75 Å². The topological polar surface area (TPSA) is 91.8 Å². The zero-order valence-electron chi connectivity index (χ0n) is 16.8. The van der Waals surface area contributed by atoms with Crippen LogP contribution in [-0.4, -0.2) is 44.2 Å². The first-order chi connectivity index (χ1) is 13.9. The average molecular weight is 456 g/mol. The molecule has 4 rings (SSSR count). The molecule has 1 aromatic heterocycles. The maximum atomic E-state index is 13.6. The Bertz CT molecular complexity index is 1100. The van der Waals surface area contributed by atoms with Crippen LogP contribution in [0.3, 0.4) is 0 Å². The molecular weight excluding hydrogens is 433 g/mol. The number of sulfonamides is 1. The van der Waals surface area contributed by atoms with Gasteiger partial charge in [-0.3, -0.25) is 0 Å². The molecule has 0 spiro atoms. The summed E-state index contributed by atoms with van der Waals surface area (Å²) in [6, 6.07) is 4.38. The van der Waals surface area contributed by atoms with E-state index in [0.717, 1.165) is 19.2 Å². The fourth-order valence-electron chi connectivity index (χ4n) is 3.84. The highest BCUT2D eigenvalue weighted by atomic mass is 35.5. The molecule has 30 heavy (non-hydrogen) atoms. The largest absolute Gasteiger partial charge is 0.491 e. The van der Waals surface area contributed by atoms with Crippen LogP contribution in [0.4, 0.5) is 10.2 Å². The maximum absolute atomic E-state index is 13.6. The second-order valence-electron chi connectivity index (χ2n) is 8.61. The molecular formula is C20H23ClFN3O4S. The lowest BCUT2D eigenvalue weighted by Gasteiger charge is -2.46. The Balaban J connectivity index is 1.57. The van der Waals surface area contributed by atoms with Crippen LogP contribution >= 0.6 is 11.6 Å². The normalized spacial score (nSPS) is 22.8. The number of halogens is 2. The number of aliphatic hydroxyl groups excluding tert-OH is 1. The number of benzene rings is 1. The fraction of sp³-hybridized carbons (Fsp3) is 0.450. The highest BCUT2D eigenvalue weighted by Gasteiger charge is 2.37. The molecule has 0 aliphatic carbocycles. The van der Waals surface area contributed by atoms with Gasteiger partial charge in [-0.2, -0.15) is 0 Å². The minimum absolute atomic E-state index is 0.0600. The minimum Gasteiger partial charge on any atom is -0.491 e. The Kier molecular flexibility index (Phi) is 5.21. The third-order valence-corrected chi connectivity index (χ3v) is 7.02. The summed E-state index contributed by atoms with van der Waals surface area (Å²) >= 11 is 5.80. The lowest BCUT2D eigenvalue weighted by molar-refractivity contribution is 0.0837. The molecule has 2 aliphatic rings. The Morgan fingerprint density at radius 2 is 2.00 bits per heavy atom. The van der Waals surface area contributed by atoms with Crippen molar-refractivity contribution in [2.45, 2.75) is 37.8 Å². The van der Waals surface area contributed by atoms with Crippen molar-refractivity contribution >= 4 is 27.4 Å². The molecule has 7 nitrogen and oxygen atoms in total. The van der Waals surface area contributed by atoms with Crippen LogP contribution in [0.25, 0.3) is 0 Å². The Morgan fingerprint density at radius 3 is 2.67 bits per heavy atom. The minimum atomic E-state index is -3.97. The lowest BCUT2D eigenvalue weighted by Crippen LogP contribution is -2.53. The number of hydrogen-bond donors (Lipinski definition) is 2. The molecule has 0 amide bonds. The number of fused-ring (bicyclic) bond motifs is 1. The number of anilines is 1. The van der Waals surface area contributed by atoms with Gasteiger partial charge < -0.3 is 14.7 Å². The first-order valence-electron chi connectivity index (χ1n) is 9.51. The molecule has 3 heterocycles. The average Bonchev–Trinajstić information content (AvgIpc) is 2.63. The van der Waals surface area contributed by atoms with E-state index in [2.05, 4.69) is 23.6 Å². The van der Waals surface area contributed by atoms with E-state index in [-0.39, 0.29) is 33.3 Å². The molecule has 1 saturated heterocycles. The standard InChI is InChI=1S/C20H23ClFN3O4S/c1-11-4-12(5-18(23-11)25-9-20(2,3)10-25)30(27,28)24-16-8-29-17-7-15(22)14(21)6-13(17)19(16)26/h4-7,16,19,24,26H,8-10H2,1-3H3/t16-,19+/m1/s1. The van der Waals surface area contributed by atoms with E-state index in [1.165, 1.54) is 18.2 Å². The molecule has 162 valence electrons. The third-order valence-electron chi connectivity index (χ3n) is 5.26. The Labute approximate surface area is 179 Å². The van der Waals surface area contributed by atoms with Gasteiger partial charge in [0.2, 0.25) is 10.0 Å². The predicted molar refractivity (Wildman–Crippen MR) is 111 cm³/mol. The summed E-state index contributed by atoms with van der Waals surface area (Å²) in [7, 11) is -3.97. The van der Waals surface area contributed by atoms with Gasteiger partial charge in [0.05, 0.1) is 16.0 Å². The molecule has 0 unspecified atom stereocenters. The highest BCUT2D eigenvalue weighted by molar-refractivity contribution is 7.89. The van der Waals surface area contributed by atoms with E-state index < -0.39 is 28.0 Å². The number of rotatable bonds is 4. The van der Waals surface area contributed by atoms with Gasteiger partial charge in [0, 0.05) is 36.5 Å². The maximum Gasteiger partial charge on any atom is 0.241 e. The number of aliphatic hydroxyl groups is 1. The number of aromatic nitrogens is 1. The molecule has 2 atom stereocenters. The quantitative estimate of drug-likeness (QED) is 0.736. The molecule has 0 bridgehead atoms. The van der Waals surface area contributed by atoms with Gasteiger partial charge in [0.25, 0.3) is 0 Å². The Morgan fingerprint density at radius 1 is 1.30 bits per heavy atom. The zero-order valence-corrected chi connectivity index (χ0v) is 18.4. The van der Waals surface area contributed by atoms with Crippen LogP contribution in [-0.2, 0) is 10.0 Å². The molecule has 1 fully saturated rings. The van der Waals surface area contributed by atoms with Gasteiger partial charge in [0.1, 0.15) is 30.1 Å². The van der Waals surface area contributed by atoms with Gasteiger partial charge in [-0.15, -0.1) is 0 Å². The molecule has 10 heteroatoms. The van der Waals surface area contributed by atoms with E-state index in [1.807, 2.05) is 4.90 Å². The van der Waals surface area contributed by atoms with Crippen molar-refractivity contribution in [2.24, 2.45) is 5.41 Å². The summed E-state index contributed by atoms with van der Waals surface area (Å²) in [4.78, 5) is 6.54. The number of nitrogens with one attached hydrogen (secondary N) is 1. The van der Waals surface area contributed by atoms with Gasteiger partial charge in [-0.1, -0.05) is 25.4 Å². The highest BCUT2D eigenvalue weighted by Crippen LogP contribution is 2.37. The molecule has 1 aromatic carbocycles. The van der Waals surface area contributed by atoms with Crippen LogP contribution < -0.4 is 14.4 Å². The number of aryl methyl sites for hydroxylation is 1. The first kappa shape index (κ1) is 21.3. The van der Waals surface area contributed by atoms with Crippen molar-refractivity contribution in [1.82, 2.24) is 9.71 Å². The molecule has 0 saturated carbocycles. The third kappa shape index (κ3) is 3.99. The smallest absolute Gasteiger partial charge is 0.241 e. The second-order valence-corrected chi connectivity index (χ2v) is 10.7. The predicted octanol–water partition coefficient (Wildman–Crippen LogP) is 2.80. The summed E-state index contributed by atoms with van der Waals surface area (Å²) in [6.45, 7) is 7.45. The second kappa shape index (κ2) is 7.33. The van der Waals surface area contributed by atoms with Crippen molar-refractivity contribution in [3.63, 3.8) is 0 Å². The molecule has 0 radical (unpaired) electrons. The van der Waals surface area contributed by atoms with Gasteiger partial charge in [-0.25, -0.2) is 22.5 Å². The van der Waals surface area contributed by atoms with E-state index in [9.17, 15) is 17.9 Å². The SMILES string of the molecule is Cc1cc(S(=O)(=O)N[C@@H]2COc3cc(F)c(Cl)cc3[C@@H]2O)cc(N2CC(C)(C)C2)n1. The monoisotopic (exact) mass is 455 g/mol. The summed E-state index contributed by atoms with van der Waals surface area (Å²) in [5.74, 6) is 0.0700. The van der Waals surface area contributed by atoms with Crippen LogP contribution in [0.1, 0.15) is 31.2 Å². The van der Waals surface area contributed by atoms with Gasteiger partial charge in [0.15, 0.2) is 0 Å². The van der Waals surface area contributed by atoms with Crippen LogP contribution in [0, 0.1) is 18.2 Å². The molecule has 2 N–H and O–H groups in total. The van der Waals surface area contributed by atoms with E-state index >= 15 is 0 Å². The molecule has 2 aromatic rings. The number of nitrogens with zero attached hydrogens (tertiary/aromatic N) is 2. The number of pyridine rings is 1. The van der Waals surface area contributed by atoms with Crippen molar-refractivity contribution < 1.29 is 22.7 Å². The van der Waals surface area contributed by atoms with Crippen molar-refractivity contribution in [1.29, 1.82) is 0 Å². The van der Waals surface area contributed by atoms with E-state index in [1.54, 1.807) is 6.92 Å². The van der Waals surface area contributed by atoms with Gasteiger partial charge in [-0.05, 0) is 24.5 Å². The summed E-state index contributed by atoms with van der Waals surface area (Å²) in [5, 5.41) is 10.5. The number of ether oxygens (including phenoxy) is 1. The van der Waals surface area contributed by atoms with Crippen molar-refractivity contribution in [3.05, 3.63) is 46.4 Å². The zero-order chi connectivity index (χ0) is 21.8. The van der Waals surface area contributed by atoms with Crippen molar-refractivity contribution in [2.75, 3.05) is 24.6 Å². The fourth-order valence-corrected chi connectivity index (χ4v) is 5.33. The first-order valence-corrected chi connectivity index (χ1v) is 11.4. The Hall–Kier alpha value is -1.94. The van der Waals surface area contributed by atoms with E-state index in [0.29, 0.717) is 11.5 Å². The summed E-state index contributed by atoms with van der Waals surface area (Å²) in [5.41, 5.74) is 0.973. The van der Waals surface area contributed by atoms with Crippen molar-refractivity contribution in [3.8, 4) is 5.75 Å². The molecule has 2 aliphatic heterocycles. The lowest BCUT2D eigenvalue weighted by atomic mass is 9.84. The summed E-state index contributed by atoms with van der Waals surface area (Å²) < 4.78 is 47.6. The van der Waals surface area contributed by atoms with E-state index in [4.69, 9.17) is 16.3 Å². The number of hydrogen-bond acceptors (Lipinski definition) is 6. The summed E-state index contributed by atoms with van der Waals surface area (Å²) in [6.07, 6.45) is -1.24. The van der Waals surface area contributed by atoms with Crippen LogP contribution in [0.15, 0.2) is 29.2 Å². The van der Waals surface area contributed by atoms with Gasteiger partial charge >= 0.3 is 0 Å². The van der Waals surface area contributed by atoms with Crippen LogP contribution in [0.2, 0.25) is 5.02 Å².